The highest BCUT2D eigenvalue weighted by atomic mass is 32.2. The monoisotopic (exact) mass is 308 g/mol. The summed E-state index contributed by atoms with van der Waals surface area (Å²) in [6.07, 6.45) is 4.39. The smallest absolute Gasteiger partial charge is 0.242 e. The SMILES string of the molecule is CCCNc1ccccc1S(=O)(=O)NCCn1cccn1. The normalized spacial score (nSPS) is 11.5. The van der Waals surface area contributed by atoms with Crippen molar-refractivity contribution >= 4 is 15.7 Å². The van der Waals surface area contributed by atoms with E-state index in [-0.39, 0.29) is 4.90 Å². The first kappa shape index (κ1) is 15.5. The number of hydrogen-bond acceptors (Lipinski definition) is 4. The lowest BCUT2D eigenvalue weighted by molar-refractivity contribution is 0.561. The summed E-state index contributed by atoms with van der Waals surface area (Å²) < 4.78 is 29.0. The lowest BCUT2D eigenvalue weighted by Gasteiger charge is -2.12. The van der Waals surface area contributed by atoms with Crippen LogP contribution in [0.1, 0.15) is 13.3 Å². The predicted octanol–water partition coefficient (Wildman–Crippen LogP) is 1.68. The lowest BCUT2D eigenvalue weighted by Crippen LogP contribution is -2.28. The average Bonchev–Trinajstić information content (AvgIpc) is 2.98. The molecule has 0 saturated carbocycles. The molecule has 0 atom stereocenters. The van der Waals surface area contributed by atoms with E-state index >= 15 is 0 Å². The Bertz CT molecular complexity index is 653. The number of benzene rings is 1. The van der Waals surface area contributed by atoms with Crippen LogP contribution in [0.2, 0.25) is 0 Å². The number of anilines is 1. The van der Waals surface area contributed by atoms with Gasteiger partial charge in [0.1, 0.15) is 4.90 Å². The summed E-state index contributed by atoms with van der Waals surface area (Å²) in [4.78, 5) is 0.277. The highest BCUT2D eigenvalue weighted by molar-refractivity contribution is 7.89. The van der Waals surface area contributed by atoms with Crippen LogP contribution in [0.4, 0.5) is 5.69 Å². The summed E-state index contributed by atoms with van der Waals surface area (Å²) in [6.45, 7) is 3.56. The van der Waals surface area contributed by atoms with E-state index in [0.717, 1.165) is 13.0 Å². The molecular weight excluding hydrogens is 288 g/mol. The first-order chi connectivity index (χ1) is 10.1. The Morgan fingerprint density at radius 1 is 1.19 bits per heavy atom. The first-order valence-electron chi connectivity index (χ1n) is 6.93. The predicted molar refractivity (Wildman–Crippen MR) is 82.6 cm³/mol. The van der Waals surface area contributed by atoms with E-state index in [9.17, 15) is 8.42 Å². The summed E-state index contributed by atoms with van der Waals surface area (Å²) in [5.74, 6) is 0. The molecule has 0 amide bonds. The molecule has 0 saturated heterocycles. The van der Waals surface area contributed by atoms with E-state index in [1.165, 1.54) is 0 Å². The molecule has 0 bridgehead atoms. The van der Waals surface area contributed by atoms with Crippen molar-refractivity contribution in [3.8, 4) is 0 Å². The van der Waals surface area contributed by atoms with E-state index in [0.29, 0.717) is 18.8 Å². The van der Waals surface area contributed by atoms with Gasteiger partial charge in [-0.15, -0.1) is 0 Å². The summed E-state index contributed by atoms with van der Waals surface area (Å²) >= 11 is 0. The maximum Gasteiger partial charge on any atom is 0.242 e. The van der Waals surface area contributed by atoms with Crippen molar-refractivity contribution in [1.29, 1.82) is 0 Å². The third kappa shape index (κ3) is 4.30. The molecule has 0 spiro atoms. The molecule has 0 aliphatic carbocycles. The minimum absolute atomic E-state index is 0.277. The summed E-state index contributed by atoms with van der Waals surface area (Å²) in [5, 5.41) is 7.17. The number of sulfonamides is 1. The molecule has 0 fully saturated rings. The van der Waals surface area contributed by atoms with Crippen LogP contribution in [-0.4, -0.2) is 31.3 Å². The van der Waals surface area contributed by atoms with Crippen LogP contribution < -0.4 is 10.0 Å². The third-order valence-corrected chi connectivity index (χ3v) is 4.45. The zero-order valence-corrected chi connectivity index (χ0v) is 12.8. The Morgan fingerprint density at radius 3 is 2.71 bits per heavy atom. The molecular formula is C14H20N4O2S. The summed E-state index contributed by atoms with van der Waals surface area (Å²) in [7, 11) is -3.53. The van der Waals surface area contributed by atoms with E-state index in [2.05, 4.69) is 15.1 Å². The molecule has 2 rings (SSSR count). The molecule has 7 heteroatoms. The fourth-order valence-electron chi connectivity index (χ4n) is 1.91. The van der Waals surface area contributed by atoms with Crippen LogP contribution in [0.5, 0.6) is 0 Å². The van der Waals surface area contributed by atoms with Gasteiger partial charge in [-0.2, -0.15) is 5.10 Å². The Labute approximate surface area is 125 Å². The van der Waals surface area contributed by atoms with Crippen LogP contribution in [0.15, 0.2) is 47.6 Å². The first-order valence-corrected chi connectivity index (χ1v) is 8.42. The molecule has 1 aromatic heterocycles. The van der Waals surface area contributed by atoms with Crippen molar-refractivity contribution in [3.63, 3.8) is 0 Å². The molecule has 1 aromatic carbocycles. The van der Waals surface area contributed by atoms with Crippen molar-refractivity contribution in [2.75, 3.05) is 18.4 Å². The molecule has 0 aliphatic rings. The van der Waals surface area contributed by atoms with E-state index in [1.54, 1.807) is 41.3 Å². The van der Waals surface area contributed by atoms with Gasteiger partial charge in [0.25, 0.3) is 0 Å². The van der Waals surface area contributed by atoms with Gasteiger partial charge in [-0.05, 0) is 24.6 Å². The maximum atomic E-state index is 12.4. The molecule has 21 heavy (non-hydrogen) atoms. The van der Waals surface area contributed by atoms with Crippen LogP contribution in [0.25, 0.3) is 0 Å². The van der Waals surface area contributed by atoms with Gasteiger partial charge >= 0.3 is 0 Å². The van der Waals surface area contributed by atoms with E-state index < -0.39 is 10.0 Å². The number of hydrogen-bond donors (Lipinski definition) is 2. The molecule has 114 valence electrons. The maximum absolute atomic E-state index is 12.4. The summed E-state index contributed by atoms with van der Waals surface area (Å²) in [6, 6.07) is 8.73. The zero-order chi connectivity index (χ0) is 15.1. The lowest BCUT2D eigenvalue weighted by atomic mass is 10.3. The molecule has 0 aliphatic heterocycles. The Balaban J connectivity index is 2.04. The number of nitrogens with zero attached hydrogens (tertiary/aromatic N) is 2. The van der Waals surface area contributed by atoms with Crippen LogP contribution in [0, 0.1) is 0 Å². The van der Waals surface area contributed by atoms with Gasteiger partial charge in [0, 0.05) is 25.5 Å². The molecule has 2 N–H and O–H groups in total. The van der Waals surface area contributed by atoms with Crippen molar-refractivity contribution in [1.82, 2.24) is 14.5 Å². The highest BCUT2D eigenvalue weighted by Crippen LogP contribution is 2.20. The van der Waals surface area contributed by atoms with Gasteiger partial charge < -0.3 is 5.32 Å². The Kier molecular flexibility index (Phi) is 5.35. The second-order valence-electron chi connectivity index (χ2n) is 4.59. The van der Waals surface area contributed by atoms with Gasteiger partial charge in [-0.3, -0.25) is 4.68 Å². The molecule has 0 radical (unpaired) electrons. The minimum atomic E-state index is -3.53. The minimum Gasteiger partial charge on any atom is -0.384 e. The largest absolute Gasteiger partial charge is 0.384 e. The quantitative estimate of drug-likeness (QED) is 0.778. The molecule has 2 aromatic rings. The Morgan fingerprint density at radius 2 is 2.00 bits per heavy atom. The topological polar surface area (TPSA) is 76.0 Å². The van der Waals surface area contributed by atoms with E-state index in [1.807, 2.05) is 13.0 Å². The Hall–Kier alpha value is -1.86. The van der Waals surface area contributed by atoms with Crippen LogP contribution >= 0.6 is 0 Å². The van der Waals surface area contributed by atoms with Crippen LogP contribution in [-0.2, 0) is 16.6 Å². The fourth-order valence-corrected chi connectivity index (χ4v) is 3.11. The second-order valence-corrected chi connectivity index (χ2v) is 6.33. The van der Waals surface area contributed by atoms with Gasteiger partial charge in [0.15, 0.2) is 0 Å². The third-order valence-electron chi connectivity index (χ3n) is 2.93. The molecule has 1 heterocycles. The number of aromatic nitrogens is 2. The molecule has 0 unspecified atom stereocenters. The van der Waals surface area contributed by atoms with Crippen LogP contribution in [0.3, 0.4) is 0 Å². The number of para-hydroxylation sites is 1. The van der Waals surface area contributed by atoms with Crippen molar-refractivity contribution < 1.29 is 8.42 Å². The van der Waals surface area contributed by atoms with Gasteiger partial charge in [-0.25, -0.2) is 13.1 Å². The van der Waals surface area contributed by atoms with Gasteiger partial charge in [0.2, 0.25) is 10.0 Å². The van der Waals surface area contributed by atoms with Crippen molar-refractivity contribution in [3.05, 3.63) is 42.7 Å². The van der Waals surface area contributed by atoms with Gasteiger partial charge in [-0.1, -0.05) is 19.1 Å². The van der Waals surface area contributed by atoms with E-state index in [4.69, 9.17) is 0 Å². The average molecular weight is 308 g/mol. The van der Waals surface area contributed by atoms with Gasteiger partial charge in [0.05, 0.1) is 12.2 Å². The molecule has 6 nitrogen and oxygen atoms in total. The fraction of sp³-hybridized carbons (Fsp3) is 0.357. The van der Waals surface area contributed by atoms with Crippen molar-refractivity contribution in [2.24, 2.45) is 0 Å². The number of rotatable bonds is 8. The summed E-state index contributed by atoms with van der Waals surface area (Å²) in [5.41, 5.74) is 0.630. The zero-order valence-electron chi connectivity index (χ0n) is 12.0. The standard InChI is InChI=1S/C14H20N4O2S/c1-2-8-15-13-6-3-4-7-14(13)21(19,20)17-10-12-18-11-5-9-16-18/h3-7,9,11,15,17H,2,8,10,12H2,1H3. The second kappa shape index (κ2) is 7.24. The highest BCUT2D eigenvalue weighted by Gasteiger charge is 2.17. The van der Waals surface area contributed by atoms with Crippen molar-refractivity contribution in [2.45, 2.75) is 24.8 Å². The number of nitrogens with one attached hydrogen (secondary N) is 2.